The molecule has 2 atom stereocenters. The molecule has 3 aromatic rings. The third-order valence-electron chi connectivity index (χ3n) is 10.4. The van der Waals surface area contributed by atoms with Gasteiger partial charge in [-0.1, -0.05) is 105 Å². The number of hydrogen-bond acceptors (Lipinski definition) is 9. The van der Waals surface area contributed by atoms with E-state index in [4.69, 9.17) is 14.3 Å². The molecule has 3 aromatic carbocycles. The molecule has 1 saturated heterocycles. The summed E-state index contributed by atoms with van der Waals surface area (Å²) in [6, 6.07) is 22.8. The number of fused-ring (bicyclic) bond motifs is 1. The van der Waals surface area contributed by atoms with E-state index in [0.717, 1.165) is 43.2 Å². The lowest BCUT2D eigenvalue weighted by Crippen LogP contribution is -2.59. The number of rotatable bonds is 15. The van der Waals surface area contributed by atoms with Crippen LogP contribution in [0.3, 0.4) is 0 Å². The summed E-state index contributed by atoms with van der Waals surface area (Å²) in [5, 5.41) is 3.49. The van der Waals surface area contributed by atoms with Gasteiger partial charge in [0.05, 0.1) is 17.7 Å². The summed E-state index contributed by atoms with van der Waals surface area (Å²) in [5.74, 6) is -2.56. The van der Waals surface area contributed by atoms with Crippen molar-refractivity contribution in [2.24, 2.45) is 5.92 Å². The van der Waals surface area contributed by atoms with Gasteiger partial charge in [0.15, 0.2) is 0 Å². The molecule has 55 heavy (non-hydrogen) atoms. The van der Waals surface area contributed by atoms with Crippen molar-refractivity contribution in [1.29, 1.82) is 0 Å². The van der Waals surface area contributed by atoms with Crippen LogP contribution < -0.4 is 5.32 Å². The smallest absolute Gasteiger partial charge is 0.411 e. The lowest BCUT2D eigenvalue weighted by molar-refractivity contribution is -0.151. The van der Waals surface area contributed by atoms with Crippen LogP contribution in [0.5, 0.6) is 0 Å². The van der Waals surface area contributed by atoms with Gasteiger partial charge in [0.1, 0.15) is 31.8 Å². The number of benzene rings is 3. The second kappa shape index (κ2) is 19.2. The van der Waals surface area contributed by atoms with Crippen LogP contribution in [0.25, 0.3) is 0 Å². The number of imide groups is 1. The number of carbonyl (C=O) groups is 6. The van der Waals surface area contributed by atoms with Gasteiger partial charge in [-0.25, -0.2) is 4.79 Å². The maximum absolute atomic E-state index is 14.8. The summed E-state index contributed by atoms with van der Waals surface area (Å²) in [6.45, 7) is -0.468. The fourth-order valence-corrected chi connectivity index (χ4v) is 7.50. The first-order valence-electron chi connectivity index (χ1n) is 19.2. The fraction of sp³-hybridized carbons (Fsp3) is 0.429. The molecule has 13 nitrogen and oxygen atoms in total. The van der Waals surface area contributed by atoms with Crippen molar-refractivity contribution >= 4 is 35.7 Å². The van der Waals surface area contributed by atoms with Crippen molar-refractivity contribution in [2.45, 2.75) is 83.1 Å². The highest BCUT2D eigenvalue weighted by Gasteiger charge is 2.42. The maximum Gasteiger partial charge on any atom is 0.411 e. The molecule has 1 saturated carbocycles. The first-order valence-corrected chi connectivity index (χ1v) is 19.2. The van der Waals surface area contributed by atoms with E-state index >= 15 is 0 Å². The van der Waals surface area contributed by atoms with Crippen LogP contribution in [0.15, 0.2) is 84.9 Å². The van der Waals surface area contributed by atoms with Gasteiger partial charge < -0.3 is 19.7 Å². The van der Waals surface area contributed by atoms with Gasteiger partial charge in [-0.15, -0.1) is 5.06 Å². The summed E-state index contributed by atoms with van der Waals surface area (Å²) in [5.41, 5.74) is 2.02. The standard InChI is InChI=1S/C42H48N4O9/c47-37(53-28-31-16-6-2-7-17-31)27-45(42(52)54-29-32-18-8-3-9-19-32)36(26-30-14-4-1-5-15-30)41(51)44-24-13-12-22-35(44)38(48)43-23-25-55-46-39(49)33-20-10-11-21-34(33)40(46)50/h2-3,6-11,16-21,30,35-36H,1,4-5,12-15,22-29H2,(H,43,48)/t35-,36+/m0/s1. The normalized spacial score (nSPS) is 17.6. The minimum absolute atomic E-state index is 0.00108. The van der Waals surface area contributed by atoms with E-state index in [9.17, 15) is 28.8 Å². The van der Waals surface area contributed by atoms with Crippen LogP contribution in [0.4, 0.5) is 4.79 Å². The Morgan fingerprint density at radius 1 is 0.727 bits per heavy atom. The number of amides is 5. The van der Waals surface area contributed by atoms with E-state index in [2.05, 4.69) is 5.32 Å². The average Bonchev–Trinajstić information content (AvgIpc) is 3.47. The maximum atomic E-state index is 14.8. The minimum atomic E-state index is -1.08. The van der Waals surface area contributed by atoms with E-state index in [-0.39, 0.29) is 50.0 Å². The monoisotopic (exact) mass is 752 g/mol. The van der Waals surface area contributed by atoms with E-state index in [0.29, 0.717) is 30.7 Å². The van der Waals surface area contributed by atoms with E-state index in [1.54, 1.807) is 24.3 Å². The first-order chi connectivity index (χ1) is 26.8. The van der Waals surface area contributed by atoms with Gasteiger partial charge in [0.25, 0.3) is 11.8 Å². The Hall–Kier alpha value is -5.56. The summed E-state index contributed by atoms with van der Waals surface area (Å²) < 4.78 is 11.3. The molecule has 290 valence electrons. The third kappa shape index (κ3) is 10.2. The lowest BCUT2D eigenvalue weighted by atomic mass is 9.84. The van der Waals surface area contributed by atoms with E-state index in [1.807, 2.05) is 60.7 Å². The molecule has 0 unspecified atom stereocenters. The predicted octanol–water partition coefficient (Wildman–Crippen LogP) is 5.43. The SMILES string of the molecule is O=C(CN(C(=O)OCc1ccccc1)[C@H](CC1CCCCC1)C(=O)N1CCCC[C@H]1C(=O)NCCON1C(=O)c2ccccc2C1=O)OCc1ccccc1. The predicted molar refractivity (Wildman–Crippen MR) is 200 cm³/mol. The Bertz CT molecular complexity index is 1780. The molecule has 0 radical (unpaired) electrons. The number of piperidine rings is 1. The van der Waals surface area contributed by atoms with Crippen molar-refractivity contribution in [3.05, 3.63) is 107 Å². The van der Waals surface area contributed by atoms with Crippen molar-refractivity contribution in [3.8, 4) is 0 Å². The number of likely N-dealkylation sites (tertiary alicyclic amines) is 1. The Morgan fingerprint density at radius 2 is 1.31 bits per heavy atom. The Labute approximate surface area is 320 Å². The topological polar surface area (TPSA) is 152 Å². The number of nitrogens with zero attached hydrogens (tertiary/aromatic N) is 3. The Kier molecular flexibility index (Phi) is 13.6. The Morgan fingerprint density at radius 3 is 1.95 bits per heavy atom. The largest absolute Gasteiger partial charge is 0.459 e. The molecule has 2 fully saturated rings. The second-order valence-corrected chi connectivity index (χ2v) is 14.2. The van der Waals surface area contributed by atoms with Gasteiger partial charge in [-0.3, -0.25) is 33.7 Å². The molecule has 2 heterocycles. The number of ether oxygens (including phenoxy) is 2. The number of nitrogens with one attached hydrogen (secondary N) is 1. The average molecular weight is 753 g/mol. The zero-order valence-corrected chi connectivity index (χ0v) is 30.9. The highest BCUT2D eigenvalue weighted by Crippen LogP contribution is 2.31. The van der Waals surface area contributed by atoms with Crippen LogP contribution in [0, 0.1) is 5.92 Å². The summed E-state index contributed by atoms with van der Waals surface area (Å²) in [6.07, 6.45) is 6.10. The van der Waals surface area contributed by atoms with Gasteiger partial charge in [0.2, 0.25) is 11.8 Å². The quantitative estimate of drug-likeness (QED) is 0.122. The molecule has 6 rings (SSSR count). The number of hydroxylamine groups is 2. The number of carbonyl (C=O) groups excluding carboxylic acids is 6. The third-order valence-corrected chi connectivity index (χ3v) is 10.4. The molecule has 0 bridgehead atoms. The molecular formula is C42H48N4O9. The highest BCUT2D eigenvalue weighted by molar-refractivity contribution is 6.20. The molecule has 13 heteroatoms. The van der Waals surface area contributed by atoms with Crippen LogP contribution in [0.1, 0.15) is 89.6 Å². The summed E-state index contributed by atoms with van der Waals surface area (Å²) in [7, 11) is 0. The lowest BCUT2D eigenvalue weighted by Gasteiger charge is -2.40. The van der Waals surface area contributed by atoms with Crippen molar-refractivity contribution in [2.75, 3.05) is 26.2 Å². The van der Waals surface area contributed by atoms with Crippen LogP contribution in [-0.4, -0.2) is 88.9 Å². The van der Waals surface area contributed by atoms with Crippen molar-refractivity contribution in [1.82, 2.24) is 20.2 Å². The molecule has 5 amide bonds. The Balaban J connectivity index is 1.16. The van der Waals surface area contributed by atoms with Crippen molar-refractivity contribution in [3.63, 3.8) is 0 Å². The van der Waals surface area contributed by atoms with Crippen molar-refractivity contribution < 1.29 is 43.1 Å². The molecule has 3 aliphatic rings. The molecular weight excluding hydrogens is 704 g/mol. The van der Waals surface area contributed by atoms with Gasteiger partial charge >= 0.3 is 12.1 Å². The molecule has 0 spiro atoms. The molecule has 2 aliphatic heterocycles. The number of hydrogen-bond donors (Lipinski definition) is 1. The van der Waals surface area contributed by atoms with Gasteiger partial charge in [-0.2, -0.15) is 0 Å². The minimum Gasteiger partial charge on any atom is -0.459 e. The van der Waals surface area contributed by atoms with E-state index < -0.39 is 54.3 Å². The van der Waals surface area contributed by atoms with Crippen LogP contribution in [0.2, 0.25) is 0 Å². The van der Waals surface area contributed by atoms with Gasteiger partial charge in [-0.05, 0) is 54.9 Å². The molecule has 1 N–H and O–H groups in total. The van der Waals surface area contributed by atoms with Crippen LogP contribution in [-0.2, 0) is 41.9 Å². The summed E-state index contributed by atoms with van der Waals surface area (Å²) in [4.78, 5) is 89.4. The fourth-order valence-electron chi connectivity index (χ4n) is 7.50. The number of esters is 1. The zero-order chi connectivity index (χ0) is 38.6. The van der Waals surface area contributed by atoms with Gasteiger partial charge in [0, 0.05) is 13.1 Å². The molecule has 0 aromatic heterocycles. The second-order valence-electron chi connectivity index (χ2n) is 14.2. The zero-order valence-electron chi connectivity index (χ0n) is 30.9. The molecule has 1 aliphatic carbocycles. The summed E-state index contributed by atoms with van der Waals surface area (Å²) >= 11 is 0. The van der Waals surface area contributed by atoms with E-state index in [1.165, 1.54) is 9.80 Å². The van der Waals surface area contributed by atoms with Crippen LogP contribution >= 0.6 is 0 Å². The first kappa shape index (κ1) is 39.1. The highest BCUT2D eigenvalue weighted by atomic mass is 16.7.